The summed E-state index contributed by atoms with van der Waals surface area (Å²) in [7, 11) is 4.83. The van der Waals surface area contributed by atoms with E-state index in [0.29, 0.717) is 30.3 Å². The topological polar surface area (TPSA) is 64.1 Å². The summed E-state index contributed by atoms with van der Waals surface area (Å²) in [6, 6.07) is 12.2. The van der Waals surface area contributed by atoms with Crippen molar-refractivity contribution in [1.29, 1.82) is 0 Å². The number of benzene rings is 2. The van der Waals surface area contributed by atoms with Crippen LogP contribution in [0.5, 0.6) is 17.2 Å². The average molecular weight is 371 g/mol. The number of guanidine groups is 1. The smallest absolute Gasteiger partial charge is 0.203 e. The molecule has 0 aliphatic carbocycles. The molecule has 0 spiro atoms. The van der Waals surface area contributed by atoms with Crippen molar-refractivity contribution in [1.82, 2.24) is 10.6 Å². The van der Waals surface area contributed by atoms with Gasteiger partial charge in [-0.1, -0.05) is 29.8 Å². The van der Waals surface area contributed by atoms with Gasteiger partial charge in [-0.2, -0.15) is 0 Å². The predicted molar refractivity (Wildman–Crippen MR) is 109 cm³/mol. The van der Waals surface area contributed by atoms with Gasteiger partial charge in [-0.3, -0.25) is 0 Å². The molecule has 2 aromatic carbocycles. The lowest BCUT2D eigenvalue weighted by molar-refractivity contribution is 0.322. The first kappa shape index (κ1) is 20.4. The lowest BCUT2D eigenvalue weighted by atomic mass is 10.1. The first-order chi connectivity index (χ1) is 13.1. The zero-order chi connectivity index (χ0) is 19.6. The number of aliphatic imine (C=N–C) groups is 1. The second-order valence-electron chi connectivity index (χ2n) is 6.03. The molecular formula is C21H29N3O3. The zero-order valence-electron chi connectivity index (χ0n) is 16.8. The molecule has 0 amide bonds. The molecule has 0 saturated heterocycles. The fourth-order valence-electron chi connectivity index (χ4n) is 2.80. The molecule has 0 radical (unpaired) electrons. The maximum Gasteiger partial charge on any atom is 0.203 e. The lowest BCUT2D eigenvalue weighted by Crippen LogP contribution is -2.36. The van der Waals surface area contributed by atoms with Gasteiger partial charge in [0.15, 0.2) is 17.5 Å². The molecule has 6 nitrogen and oxygen atoms in total. The van der Waals surface area contributed by atoms with E-state index in [1.807, 2.05) is 19.1 Å². The molecule has 0 atom stereocenters. The number of nitrogens with zero attached hydrogens (tertiary/aromatic N) is 1. The van der Waals surface area contributed by atoms with Crippen molar-refractivity contribution in [2.45, 2.75) is 26.9 Å². The van der Waals surface area contributed by atoms with E-state index in [1.54, 1.807) is 21.3 Å². The highest BCUT2D eigenvalue weighted by atomic mass is 16.5. The first-order valence-electron chi connectivity index (χ1n) is 8.98. The van der Waals surface area contributed by atoms with Crippen molar-refractivity contribution >= 4 is 5.96 Å². The van der Waals surface area contributed by atoms with Crippen molar-refractivity contribution in [3.8, 4) is 17.2 Å². The maximum absolute atomic E-state index is 5.54. The Morgan fingerprint density at radius 1 is 0.963 bits per heavy atom. The molecule has 2 rings (SSSR count). The summed E-state index contributed by atoms with van der Waals surface area (Å²) in [6.45, 7) is 6.06. The second kappa shape index (κ2) is 10.3. The van der Waals surface area contributed by atoms with Crippen LogP contribution >= 0.6 is 0 Å². The molecular weight excluding hydrogens is 342 g/mol. The van der Waals surface area contributed by atoms with Gasteiger partial charge in [-0.05, 0) is 31.5 Å². The monoisotopic (exact) mass is 371 g/mol. The Hall–Kier alpha value is -2.89. The predicted octanol–water partition coefficient (Wildman–Crippen LogP) is 3.28. The minimum Gasteiger partial charge on any atom is -0.493 e. The number of hydrogen-bond donors (Lipinski definition) is 2. The van der Waals surface area contributed by atoms with Crippen molar-refractivity contribution in [2.24, 2.45) is 4.99 Å². The number of hydrogen-bond acceptors (Lipinski definition) is 4. The van der Waals surface area contributed by atoms with Gasteiger partial charge in [0.2, 0.25) is 5.75 Å². The van der Waals surface area contributed by atoms with Crippen molar-refractivity contribution in [2.75, 3.05) is 27.9 Å². The van der Waals surface area contributed by atoms with Crippen LogP contribution in [0.4, 0.5) is 0 Å². The number of ether oxygens (including phenoxy) is 3. The minimum atomic E-state index is 0.545. The summed E-state index contributed by atoms with van der Waals surface area (Å²) < 4.78 is 16.3. The molecule has 0 aliphatic rings. The van der Waals surface area contributed by atoms with Crippen molar-refractivity contribution in [3.63, 3.8) is 0 Å². The normalized spacial score (nSPS) is 11.1. The van der Waals surface area contributed by atoms with E-state index in [4.69, 9.17) is 14.2 Å². The van der Waals surface area contributed by atoms with Crippen LogP contribution in [0.1, 0.15) is 23.6 Å². The van der Waals surface area contributed by atoms with Gasteiger partial charge in [0, 0.05) is 18.7 Å². The zero-order valence-corrected chi connectivity index (χ0v) is 16.8. The fraction of sp³-hybridized carbons (Fsp3) is 0.381. The SMILES string of the molecule is CCNC(=NCc1cccc(C)c1)NCc1ccc(OC)c(OC)c1OC. The third-order valence-corrected chi connectivity index (χ3v) is 4.08. The summed E-state index contributed by atoms with van der Waals surface area (Å²) in [4.78, 5) is 4.67. The number of aryl methyl sites for hydroxylation is 1. The molecule has 0 bridgehead atoms. The van der Waals surface area contributed by atoms with Crippen LogP contribution in [0, 0.1) is 6.92 Å². The van der Waals surface area contributed by atoms with E-state index in [2.05, 4.69) is 46.8 Å². The molecule has 146 valence electrons. The summed E-state index contributed by atoms with van der Waals surface area (Å²) in [5.41, 5.74) is 3.36. The van der Waals surface area contributed by atoms with Crippen LogP contribution in [-0.2, 0) is 13.1 Å². The molecule has 0 aromatic heterocycles. The Bertz CT molecular complexity index is 775. The van der Waals surface area contributed by atoms with E-state index in [-0.39, 0.29) is 0 Å². The molecule has 0 fully saturated rings. The molecule has 27 heavy (non-hydrogen) atoms. The Balaban J connectivity index is 2.14. The molecule has 0 saturated carbocycles. The molecule has 0 aliphatic heterocycles. The van der Waals surface area contributed by atoms with E-state index in [9.17, 15) is 0 Å². The van der Waals surface area contributed by atoms with Gasteiger partial charge in [-0.25, -0.2) is 4.99 Å². The standard InChI is InChI=1S/C21H29N3O3/c1-6-22-21(23-13-16-9-7-8-15(2)12-16)24-14-17-10-11-18(25-3)20(27-5)19(17)26-4/h7-12H,6,13-14H2,1-5H3,(H2,22,23,24). The van der Waals surface area contributed by atoms with Crippen LogP contribution < -0.4 is 24.8 Å². The van der Waals surface area contributed by atoms with Crippen LogP contribution in [0.15, 0.2) is 41.4 Å². The van der Waals surface area contributed by atoms with E-state index < -0.39 is 0 Å². The Labute approximate surface area is 161 Å². The molecule has 0 unspecified atom stereocenters. The minimum absolute atomic E-state index is 0.545. The highest BCUT2D eigenvalue weighted by molar-refractivity contribution is 5.79. The van der Waals surface area contributed by atoms with Gasteiger partial charge in [-0.15, -0.1) is 0 Å². The van der Waals surface area contributed by atoms with Gasteiger partial charge < -0.3 is 24.8 Å². The quantitative estimate of drug-likeness (QED) is 0.551. The molecule has 0 heterocycles. The van der Waals surface area contributed by atoms with E-state index in [1.165, 1.54) is 11.1 Å². The van der Waals surface area contributed by atoms with Gasteiger partial charge >= 0.3 is 0 Å². The largest absolute Gasteiger partial charge is 0.493 e. The van der Waals surface area contributed by atoms with Gasteiger partial charge in [0.25, 0.3) is 0 Å². The number of rotatable bonds is 8. The maximum atomic E-state index is 5.54. The van der Waals surface area contributed by atoms with Crippen LogP contribution in [-0.4, -0.2) is 33.8 Å². The lowest BCUT2D eigenvalue weighted by Gasteiger charge is -2.17. The summed E-state index contributed by atoms with van der Waals surface area (Å²) in [5, 5.41) is 6.62. The average Bonchev–Trinajstić information content (AvgIpc) is 2.69. The number of nitrogens with one attached hydrogen (secondary N) is 2. The van der Waals surface area contributed by atoms with Crippen LogP contribution in [0.2, 0.25) is 0 Å². The highest BCUT2D eigenvalue weighted by Crippen LogP contribution is 2.39. The Kier molecular flexibility index (Phi) is 7.79. The van der Waals surface area contributed by atoms with Crippen LogP contribution in [0.3, 0.4) is 0 Å². The summed E-state index contributed by atoms with van der Waals surface area (Å²) in [6.07, 6.45) is 0. The van der Waals surface area contributed by atoms with E-state index >= 15 is 0 Å². The third-order valence-electron chi connectivity index (χ3n) is 4.08. The Morgan fingerprint density at radius 2 is 1.74 bits per heavy atom. The molecule has 2 aromatic rings. The Morgan fingerprint density at radius 3 is 2.37 bits per heavy atom. The molecule has 6 heteroatoms. The highest BCUT2D eigenvalue weighted by Gasteiger charge is 2.15. The van der Waals surface area contributed by atoms with E-state index in [0.717, 1.165) is 18.1 Å². The molecule has 2 N–H and O–H groups in total. The third kappa shape index (κ3) is 5.54. The summed E-state index contributed by atoms with van der Waals surface area (Å²) in [5.74, 6) is 2.62. The fourth-order valence-corrected chi connectivity index (χ4v) is 2.80. The summed E-state index contributed by atoms with van der Waals surface area (Å²) >= 11 is 0. The van der Waals surface area contributed by atoms with Crippen molar-refractivity contribution in [3.05, 3.63) is 53.1 Å². The first-order valence-corrected chi connectivity index (χ1v) is 8.98. The van der Waals surface area contributed by atoms with Gasteiger partial charge in [0.1, 0.15) is 0 Å². The van der Waals surface area contributed by atoms with Crippen molar-refractivity contribution < 1.29 is 14.2 Å². The van der Waals surface area contributed by atoms with Gasteiger partial charge in [0.05, 0.1) is 27.9 Å². The number of methoxy groups -OCH3 is 3. The second-order valence-corrected chi connectivity index (χ2v) is 6.03. The van der Waals surface area contributed by atoms with Crippen LogP contribution in [0.25, 0.3) is 0 Å².